The van der Waals surface area contributed by atoms with Gasteiger partial charge in [0.05, 0.1) is 19.0 Å². The Kier molecular flexibility index (Phi) is 4.81. The van der Waals surface area contributed by atoms with Crippen LogP contribution in [0.4, 0.5) is 11.4 Å². The normalized spacial score (nSPS) is 16.2. The molecule has 0 saturated carbocycles. The van der Waals surface area contributed by atoms with Crippen molar-refractivity contribution in [3.63, 3.8) is 0 Å². The predicted molar refractivity (Wildman–Crippen MR) is 96.0 cm³/mol. The van der Waals surface area contributed by atoms with Crippen molar-refractivity contribution in [1.29, 1.82) is 5.26 Å². The molecule has 2 aromatic rings. The molecule has 0 bridgehead atoms. The molecule has 4 heteroatoms. The van der Waals surface area contributed by atoms with E-state index in [0.717, 1.165) is 29.8 Å². The lowest BCUT2D eigenvalue weighted by atomic mass is 9.96. The van der Waals surface area contributed by atoms with Crippen molar-refractivity contribution in [1.82, 2.24) is 0 Å². The van der Waals surface area contributed by atoms with Crippen molar-refractivity contribution >= 4 is 17.3 Å². The lowest BCUT2D eigenvalue weighted by molar-refractivity contribution is -0.115. The summed E-state index contributed by atoms with van der Waals surface area (Å²) in [5, 5.41) is 11.6. The van der Waals surface area contributed by atoms with E-state index < -0.39 is 0 Å². The molecule has 122 valence electrons. The third-order valence-corrected chi connectivity index (χ3v) is 4.50. The van der Waals surface area contributed by atoms with Crippen LogP contribution in [0.25, 0.3) is 0 Å². The van der Waals surface area contributed by atoms with Crippen molar-refractivity contribution in [3.05, 3.63) is 59.7 Å². The van der Waals surface area contributed by atoms with Crippen LogP contribution in [-0.4, -0.2) is 18.5 Å². The quantitative estimate of drug-likeness (QED) is 0.938. The number of hydrogen-bond donors (Lipinski definition) is 1. The summed E-state index contributed by atoms with van der Waals surface area (Å²) in [4.78, 5) is 14.6. The van der Waals surface area contributed by atoms with Crippen LogP contribution in [0.5, 0.6) is 0 Å². The summed E-state index contributed by atoms with van der Waals surface area (Å²) < 4.78 is 0. The molecule has 0 saturated heterocycles. The van der Waals surface area contributed by atoms with Crippen LogP contribution in [0.15, 0.2) is 48.5 Å². The van der Waals surface area contributed by atoms with Gasteiger partial charge < -0.3 is 10.2 Å². The number of benzene rings is 2. The number of nitriles is 1. The summed E-state index contributed by atoms with van der Waals surface area (Å²) in [7, 11) is 0. The van der Waals surface area contributed by atoms with E-state index in [0.29, 0.717) is 19.0 Å². The molecule has 0 aromatic heterocycles. The lowest BCUT2D eigenvalue weighted by Gasteiger charge is -2.36. The number of aryl methyl sites for hydroxylation is 1. The molecular formula is C20H21N3O. The molecule has 0 unspecified atom stereocenters. The summed E-state index contributed by atoms with van der Waals surface area (Å²) in [6, 6.07) is 18.2. The molecule has 1 amide bonds. The second-order valence-corrected chi connectivity index (χ2v) is 6.22. The third-order valence-electron chi connectivity index (χ3n) is 4.50. The van der Waals surface area contributed by atoms with Crippen molar-refractivity contribution in [2.75, 3.05) is 16.8 Å². The summed E-state index contributed by atoms with van der Waals surface area (Å²) in [5.74, 6) is -0.0217. The van der Waals surface area contributed by atoms with Gasteiger partial charge in [0.2, 0.25) is 5.91 Å². The highest BCUT2D eigenvalue weighted by molar-refractivity contribution is 5.94. The molecule has 1 atom stereocenters. The highest BCUT2D eigenvalue weighted by atomic mass is 16.2. The van der Waals surface area contributed by atoms with E-state index in [1.165, 1.54) is 5.56 Å². The van der Waals surface area contributed by atoms with Crippen LogP contribution < -0.4 is 10.2 Å². The highest BCUT2D eigenvalue weighted by Gasteiger charge is 2.24. The predicted octanol–water partition coefficient (Wildman–Crippen LogP) is 3.53. The average Bonchev–Trinajstić information content (AvgIpc) is 2.59. The van der Waals surface area contributed by atoms with Gasteiger partial charge in [-0.1, -0.05) is 30.3 Å². The Morgan fingerprint density at radius 1 is 1.25 bits per heavy atom. The number of fused-ring (bicyclic) bond motifs is 1. The Morgan fingerprint density at radius 2 is 2.00 bits per heavy atom. The fourth-order valence-electron chi connectivity index (χ4n) is 3.15. The number of anilines is 2. The van der Waals surface area contributed by atoms with Gasteiger partial charge in [0.1, 0.15) is 0 Å². The third kappa shape index (κ3) is 3.57. The van der Waals surface area contributed by atoms with E-state index in [9.17, 15) is 4.79 Å². The Balaban J connectivity index is 1.67. The number of para-hydroxylation sites is 1. The van der Waals surface area contributed by atoms with Crippen LogP contribution in [0.1, 0.15) is 24.5 Å². The Morgan fingerprint density at radius 3 is 2.75 bits per heavy atom. The molecule has 0 radical (unpaired) electrons. The van der Waals surface area contributed by atoms with Crippen LogP contribution in [0, 0.1) is 11.3 Å². The first-order valence-electron chi connectivity index (χ1n) is 8.27. The molecule has 1 heterocycles. The largest absolute Gasteiger partial charge is 0.359 e. The van der Waals surface area contributed by atoms with Gasteiger partial charge in [0.15, 0.2) is 0 Å². The number of carbonyl (C=O) groups excluding carboxylic acids is 1. The molecule has 4 nitrogen and oxygen atoms in total. The van der Waals surface area contributed by atoms with Crippen molar-refractivity contribution < 1.29 is 4.79 Å². The summed E-state index contributed by atoms with van der Waals surface area (Å²) >= 11 is 0. The Bertz CT molecular complexity index is 761. The van der Waals surface area contributed by atoms with Crippen molar-refractivity contribution in [2.45, 2.75) is 32.2 Å². The number of rotatable bonds is 4. The molecule has 24 heavy (non-hydrogen) atoms. The number of carbonyl (C=O) groups is 1. The second-order valence-electron chi connectivity index (χ2n) is 6.22. The summed E-state index contributed by atoms with van der Waals surface area (Å²) in [6.45, 7) is 2.51. The minimum absolute atomic E-state index is 0.0217. The van der Waals surface area contributed by atoms with E-state index in [1.807, 2.05) is 30.3 Å². The fourth-order valence-corrected chi connectivity index (χ4v) is 3.15. The lowest BCUT2D eigenvalue weighted by Crippen LogP contribution is -2.42. The van der Waals surface area contributed by atoms with Crippen molar-refractivity contribution in [3.8, 4) is 6.07 Å². The van der Waals surface area contributed by atoms with E-state index in [1.54, 1.807) is 0 Å². The van der Waals surface area contributed by atoms with Crippen LogP contribution >= 0.6 is 0 Å². The summed E-state index contributed by atoms with van der Waals surface area (Å²) in [6.07, 6.45) is 2.51. The first-order chi connectivity index (χ1) is 11.7. The number of hydrogen-bond acceptors (Lipinski definition) is 3. The molecule has 0 aliphatic carbocycles. The van der Waals surface area contributed by atoms with Gasteiger partial charge in [-0.2, -0.15) is 5.26 Å². The Labute approximate surface area is 142 Å². The fraction of sp³-hybridized carbons (Fsp3) is 0.300. The zero-order valence-electron chi connectivity index (χ0n) is 13.8. The first kappa shape index (κ1) is 16.1. The minimum atomic E-state index is -0.0217. The number of nitrogens with one attached hydrogen (secondary N) is 1. The molecule has 3 rings (SSSR count). The monoisotopic (exact) mass is 319 g/mol. The zero-order valence-corrected chi connectivity index (χ0v) is 13.8. The van der Waals surface area contributed by atoms with E-state index in [4.69, 9.17) is 5.26 Å². The van der Waals surface area contributed by atoms with Gasteiger partial charge in [-0.15, -0.1) is 0 Å². The first-order valence-corrected chi connectivity index (χ1v) is 8.27. The molecule has 0 spiro atoms. The minimum Gasteiger partial charge on any atom is -0.359 e. The van der Waals surface area contributed by atoms with Gasteiger partial charge >= 0.3 is 0 Å². The smallest absolute Gasteiger partial charge is 0.243 e. The van der Waals surface area contributed by atoms with Gasteiger partial charge in [0.25, 0.3) is 0 Å². The van der Waals surface area contributed by atoms with Gasteiger partial charge in [0, 0.05) is 17.4 Å². The maximum atomic E-state index is 12.4. The zero-order chi connectivity index (χ0) is 16.9. The van der Waals surface area contributed by atoms with Crippen LogP contribution in [-0.2, 0) is 17.6 Å². The van der Waals surface area contributed by atoms with Crippen molar-refractivity contribution in [2.24, 2.45) is 0 Å². The van der Waals surface area contributed by atoms with Crippen LogP contribution in [0.2, 0.25) is 0 Å². The highest BCUT2D eigenvalue weighted by Crippen LogP contribution is 2.30. The molecule has 0 fully saturated rings. The maximum Gasteiger partial charge on any atom is 0.243 e. The van der Waals surface area contributed by atoms with E-state index in [2.05, 4.69) is 41.4 Å². The molecule has 1 N–H and O–H groups in total. The summed E-state index contributed by atoms with van der Waals surface area (Å²) in [5.41, 5.74) is 4.19. The Hall–Kier alpha value is -2.80. The molecule has 1 aliphatic heterocycles. The topological polar surface area (TPSA) is 56.1 Å². The SMILES string of the molecule is C[C@@H]1CCc2ccccc2N1CC(=O)Nc1ccc(CC#N)cc1. The molecular weight excluding hydrogens is 298 g/mol. The second kappa shape index (κ2) is 7.18. The number of nitrogens with zero attached hydrogens (tertiary/aromatic N) is 2. The standard InChI is InChI=1S/C20H21N3O/c1-15-6-9-17-4-2-3-5-19(17)23(15)14-20(24)22-18-10-7-16(8-11-18)12-13-21/h2-5,7-8,10-11,15H,6,9,12,14H2,1H3,(H,22,24)/t15-/m1/s1. The van der Waals surface area contributed by atoms with Gasteiger partial charge in [-0.3, -0.25) is 4.79 Å². The van der Waals surface area contributed by atoms with E-state index in [-0.39, 0.29) is 5.91 Å². The average molecular weight is 319 g/mol. The van der Waals surface area contributed by atoms with E-state index >= 15 is 0 Å². The maximum absolute atomic E-state index is 12.4. The van der Waals surface area contributed by atoms with Gasteiger partial charge in [-0.25, -0.2) is 0 Å². The number of amides is 1. The van der Waals surface area contributed by atoms with Crippen LogP contribution in [0.3, 0.4) is 0 Å². The molecule has 1 aliphatic rings. The molecule has 2 aromatic carbocycles. The van der Waals surface area contributed by atoms with Gasteiger partial charge in [-0.05, 0) is 49.1 Å².